The highest BCUT2D eigenvalue weighted by Gasteiger charge is 2.29. The molecule has 2 aliphatic rings. The van der Waals surface area contributed by atoms with Crippen LogP contribution in [0.4, 0.5) is 0 Å². The van der Waals surface area contributed by atoms with E-state index in [2.05, 4.69) is 16.7 Å². The van der Waals surface area contributed by atoms with Crippen LogP contribution < -0.4 is 28.5 Å². The van der Waals surface area contributed by atoms with Gasteiger partial charge in [-0.1, -0.05) is 0 Å². The van der Waals surface area contributed by atoms with Crippen molar-refractivity contribution in [3.05, 3.63) is 52.7 Å². The van der Waals surface area contributed by atoms with Crippen molar-refractivity contribution in [3.8, 4) is 0 Å². The Kier molecular flexibility index (Phi) is 4.67. The average Bonchev–Trinajstić information content (AvgIpc) is 3.00. The highest BCUT2D eigenvalue weighted by Crippen LogP contribution is 2.26. The van der Waals surface area contributed by atoms with Crippen molar-refractivity contribution in [2.24, 2.45) is 0 Å². The van der Waals surface area contributed by atoms with Crippen molar-refractivity contribution in [1.82, 2.24) is 0 Å². The van der Waals surface area contributed by atoms with E-state index < -0.39 is 0 Å². The van der Waals surface area contributed by atoms with Gasteiger partial charge in [-0.15, -0.1) is 0 Å². The molecule has 0 amide bonds. The minimum atomic E-state index is 0. The Morgan fingerprint density at radius 3 is 2.10 bits per heavy atom. The molecule has 4 rings (SSSR count). The third-order valence-electron chi connectivity index (χ3n) is 4.85. The predicted octanol–water partition coefficient (Wildman–Crippen LogP) is 0.377. The van der Waals surface area contributed by atoms with Gasteiger partial charge in [-0.05, 0) is 56.7 Å². The van der Waals surface area contributed by atoms with Crippen LogP contribution in [0.15, 0.2) is 28.9 Å². The lowest BCUT2D eigenvalue weighted by molar-refractivity contribution is -0.705. The number of rotatable bonds is 2. The van der Waals surface area contributed by atoms with Gasteiger partial charge < -0.3 is 28.4 Å². The third kappa shape index (κ3) is 2.89. The van der Waals surface area contributed by atoms with Crippen molar-refractivity contribution >= 4 is 0 Å². The lowest BCUT2D eigenvalue weighted by atomic mass is 9.88. The predicted molar refractivity (Wildman–Crippen MR) is 77.7 cm³/mol. The van der Waals surface area contributed by atoms with Gasteiger partial charge in [0.05, 0.1) is 6.26 Å². The van der Waals surface area contributed by atoms with E-state index in [-0.39, 0.29) is 24.0 Å². The number of fused-ring (bicyclic) bond motifs is 2. The number of pyridine rings is 1. The molecule has 0 spiro atoms. The molecule has 0 aromatic carbocycles. The van der Waals surface area contributed by atoms with Crippen molar-refractivity contribution in [2.75, 3.05) is 0 Å². The van der Waals surface area contributed by atoms with Crippen molar-refractivity contribution in [2.45, 2.75) is 57.9 Å². The summed E-state index contributed by atoms with van der Waals surface area (Å²) in [5.74, 6) is 1.08. The number of hydrogen-bond acceptors (Lipinski definition) is 1. The zero-order valence-corrected chi connectivity index (χ0v) is 14.6. The standard InChI is InChI=1S/C18H22NO.HI/c1-3-9-17-14(6-1)12-15-7-2-4-10-18(15)19(17)13-16-8-5-11-20-16;/h5,8,11-12H,1-4,6-7,9-10,13H2;1H/q+1;/p-1. The van der Waals surface area contributed by atoms with Crippen LogP contribution in [0.2, 0.25) is 0 Å². The Labute approximate surface area is 143 Å². The Balaban J connectivity index is 0.00000132. The highest BCUT2D eigenvalue weighted by atomic mass is 127. The molecule has 3 heteroatoms. The number of aromatic nitrogens is 1. The monoisotopic (exact) mass is 395 g/mol. The minimum absolute atomic E-state index is 0. The molecular weight excluding hydrogens is 373 g/mol. The van der Waals surface area contributed by atoms with E-state index in [9.17, 15) is 0 Å². The molecule has 0 atom stereocenters. The van der Waals surface area contributed by atoms with E-state index in [1.807, 2.05) is 6.07 Å². The maximum atomic E-state index is 5.60. The number of halogens is 1. The van der Waals surface area contributed by atoms with E-state index in [0.717, 1.165) is 12.3 Å². The molecule has 112 valence electrons. The van der Waals surface area contributed by atoms with Gasteiger partial charge in [0.25, 0.3) is 0 Å². The second kappa shape index (κ2) is 6.51. The highest BCUT2D eigenvalue weighted by molar-refractivity contribution is 5.29. The van der Waals surface area contributed by atoms with E-state index in [1.165, 1.54) is 51.4 Å². The molecular formula is C18H22INO. The molecule has 2 nitrogen and oxygen atoms in total. The van der Waals surface area contributed by atoms with Crippen LogP contribution >= 0.6 is 0 Å². The zero-order chi connectivity index (χ0) is 13.4. The van der Waals surface area contributed by atoms with E-state index in [4.69, 9.17) is 4.42 Å². The molecule has 0 aliphatic heterocycles. The molecule has 2 heterocycles. The topological polar surface area (TPSA) is 17.0 Å². The Morgan fingerprint density at radius 1 is 0.905 bits per heavy atom. The third-order valence-corrected chi connectivity index (χ3v) is 4.85. The SMILES string of the molecule is [I-].c1coc(C[n+]2c3c(cc4c2CCCC4)CCCC3)c1. The summed E-state index contributed by atoms with van der Waals surface area (Å²) in [5, 5.41) is 0. The Bertz CT molecular complexity index is 584. The smallest absolute Gasteiger partial charge is 0.206 e. The van der Waals surface area contributed by atoms with E-state index in [1.54, 1.807) is 28.8 Å². The fourth-order valence-corrected chi connectivity index (χ4v) is 3.88. The van der Waals surface area contributed by atoms with Crippen molar-refractivity contribution < 1.29 is 33.0 Å². The second-order valence-corrected chi connectivity index (χ2v) is 6.17. The minimum Gasteiger partial charge on any atom is -1.00 e. The van der Waals surface area contributed by atoms with Crippen LogP contribution in [0, 0.1) is 0 Å². The first-order chi connectivity index (χ1) is 9.92. The van der Waals surface area contributed by atoms with Gasteiger partial charge in [-0.25, -0.2) is 0 Å². The fraction of sp³-hybridized carbons (Fsp3) is 0.500. The first-order valence-electron chi connectivity index (χ1n) is 8.00. The molecule has 2 aliphatic carbocycles. The molecule has 0 bridgehead atoms. The van der Waals surface area contributed by atoms with Crippen molar-refractivity contribution in [1.29, 1.82) is 0 Å². The van der Waals surface area contributed by atoms with Crippen LogP contribution in [0.3, 0.4) is 0 Å². The van der Waals surface area contributed by atoms with Gasteiger partial charge in [-0.2, -0.15) is 4.57 Å². The normalized spacial score (nSPS) is 16.8. The molecule has 2 aromatic heterocycles. The van der Waals surface area contributed by atoms with Gasteiger partial charge in [-0.3, -0.25) is 0 Å². The Hall–Kier alpha value is -0.840. The van der Waals surface area contributed by atoms with Crippen LogP contribution in [0.25, 0.3) is 0 Å². The summed E-state index contributed by atoms with van der Waals surface area (Å²) >= 11 is 0. The summed E-state index contributed by atoms with van der Waals surface area (Å²) in [4.78, 5) is 0. The van der Waals surface area contributed by atoms with Gasteiger partial charge in [0, 0.05) is 24.0 Å². The van der Waals surface area contributed by atoms with E-state index >= 15 is 0 Å². The summed E-state index contributed by atoms with van der Waals surface area (Å²) in [7, 11) is 0. The van der Waals surface area contributed by atoms with Crippen LogP contribution in [-0.4, -0.2) is 0 Å². The van der Waals surface area contributed by atoms with Crippen molar-refractivity contribution in [3.63, 3.8) is 0 Å². The molecule has 2 aromatic rings. The maximum Gasteiger partial charge on any atom is 0.206 e. The molecule has 0 unspecified atom stereocenters. The zero-order valence-electron chi connectivity index (χ0n) is 12.4. The summed E-state index contributed by atoms with van der Waals surface area (Å²) in [6.07, 6.45) is 12.2. The fourth-order valence-electron chi connectivity index (χ4n) is 3.88. The van der Waals surface area contributed by atoms with Crippen LogP contribution in [-0.2, 0) is 32.2 Å². The van der Waals surface area contributed by atoms with Crippen LogP contribution in [0.5, 0.6) is 0 Å². The van der Waals surface area contributed by atoms with Gasteiger partial charge in [0.1, 0.15) is 0 Å². The lowest BCUT2D eigenvalue weighted by Crippen LogP contribution is -3.00. The first kappa shape index (κ1) is 15.1. The summed E-state index contributed by atoms with van der Waals surface area (Å²) < 4.78 is 8.18. The lowest BCUT2D eigenvalue weighted by Gasteiger charge is -2.21. The van der Waals surface area contributed by atoms with E-state index in [0.29, 0.717) is 0 Å². The maximum absolute atomic E-state index is 5.60. The molecule has 21 heavy (non-hydrogen) atoms. The molecule has 0 radical (unpaired) electrons. The van der Waals surface area contributed by atoms with Gasteiger partial charge >= 0.3 is 0 Å². The number of furan rings is 1. The summed E-state index contributed by atoms with van der Waals surface area (Å²) in [6.45, 7) is 0.915. The number of aryl methyl sites for hydroxylation is 2. The quantitative estimate of drug-likeness (QED) is 0.531. The van der Waals surface area contributed by atoms with Crippen LogP contribution in [0.1, 0.15) is 54.0 Å². The summed E-state index contributed by atoms with van der Waals surface area (Å²) in [6, 6.07) is 6.61. The first-order valence-corrected chi connectivity index (χ1v) is 8.00. The molecule has 0 N–H and O–H groups in total. The van der Waals surface area contributed by atoms with Gasteiger partial charge in [0.15, 0.2) is 17.1 Å². The Morgan fingerprint density at radius 2 is 1.52 bits per heavy atom. The summed E-state index contributed by atoms with van der Waals surface area (Å²) in [5.41, 5.74) is 6.36. The molecule has 0 saturated carbocycles. The molecule has 0 saturated heterocycles. The second-order valence-electron chi connectivity index (χ2n) is 6.17. The number of hydrogen-bond donors (Lipinski definition) is 0. The average molecular weight is 395 g/mol. The molecule has 0 fully saturated rings. The van der Waals surface area contributed by atoms with Gasteiger partial charge in [0.2, 0.25) is 6.54 Å². The largest absolute Gasteiger partial charge is 1.00 e. The number of nitrogens with zero attached hydrogens (tertiary/aromatic N) is 1.